The number of fused-ring (bicyclic) bond motifs is 1. The van der Waals surface area contributed by atoms with E-state index in [9.17, 15) is 9.59 Å². The van der Waals surface area contributed by atoms with Crippen LogP contribution in [0.4, 0.5) is 5.69 Å². The smallest absolute Gasteiger partial charge is 0.267 e. The van der Waals surface area contributed by atoms with Crippen molar-refractivity contribution in [2.24, 2.45) is 0 Å². The summed E-state index contributed by atoms with van der Waals surface area (Å²) in [7, 11) is 1.61. The molecule has 148 valence electrons. The number of ether oxygens (including phenoxy) is 2. The van der Waals surface area contributed by atoms with Gasteiger partial charge in [-0.1, -0.05) is 18.2 Å². The lowest BCUT2D eigenvalue weighted by molar-refractivity contribution is -0.125. The fraction of sp³-hybridized carbons (Fsp3) is 0.333. The summed E-state index contributed by atoms with van der Waals surface area (Å²) in [6.45, 7) is 3.94. The predicted octanol–water partition coefficient (Wildman–Crippen LogP) is 3.84. The quantitative estimate of drug-likeness (QED) is 0.731. The van der Waals surface area contributed by atoms with Crippen molar-refractivity contribution in [2.75, 3.05) is 18.6 Å². The van der Waals surface area contributed by atoms with E-state index in [1.165, 1.54) is 0 Å². The number of benzene rings is 2. The van der Waals surface area contributed by atoms with Crippen LogP contribution in [-0.4, -0.2) is 31.6 Å². The zero-order valence-electron chi connectivity index (χ0n) is 16.1. The summed E-state index contributed by atoms with van der Waals surface area (Å²) >= 11 is 3.46. The number of hydrogen-bond donors (Lipinski definition) is 1. The molecule has 0 fully saturated rings. The van der Waals surface area contributed by atoms with Crippen molar-refractivity contribution in [2.45, 2.75) is 32.4 Å². The van der Waals surface area contributed by atoms with Gasteiger partial charge in [0.2, 0.25) is 5.91 Å². The summed E-state index contributed by atoms with van der Waals surface area (Å²) in [5, 5.41) is 2.98. The lowest BCUT2D eigenvalue weighted by Crippen LogP contribution is -2.45. The summed E-state index contributed by atoms with van der Waals surface area (Å²) in [6, 6.07) is 12.9. The van der Waals surface area contributed by atoms with Crippen LogP contribution < -0.4 is 19.7 Å². The van der Waals surface area contributed by atoms with Gasteiger partial charge in [0.15, 0.2) is 6.10 Å². The number of halogens is 1. The topological polar surface area (TPSA) is 67.9 Å². The third kappa shape index (κ3) is 4.30. The van der Waals surface area contributed by atoms with Crippen LogP contribution in [0.5, 0.6) is 11.5 Å². The average Bonchev–Trinajstić information content (AvgIpc) is 2.68. The maximum Gasteiger partial charge on any atom is 0.267 e. The van der Waals surface area contributed by atoms with E-state index in [1.54, 1.807) is 18.9 Å². The van der Waals surface area contributed by atoms with Crippen molar-refractivity contribution in [3.8, 4) is 11.5 Å². The van der Waals surface area contributed by atoms with E-state index >= 15 is 0 Å². The monoisotopic (exact) mass is 446 g/mol. The van der Waals surface area contributed by atoms with Gasteiger partial charge in [-0.05, 0) is 59.6 Å². The van der Waals surface area contributed by atoms with E-state index in [1.807, 2.05) is 49.4 Å². The molecule has 1 aliphatic rings. The Hall–Kier alpha value is -2.54. The molecule has 2 aromatic rings. The largest absolute Gasteiger partial charge is 0.496 e. The number of rotatable bonds is 6. The summed E-state index contributed by atoms with van der Waals surface area (Å²) < 4.78 is 11.7. The first-order valence-corrected chi connectivity index (χ1v) is 9.90. The third-order valence-electron chi connectivity index (χ3n) is 4.69. The molecule has 7 heteroatoms. The van der Waals surface area contributed by atoms with Gasteiger partial charge in [-0.3, -0.25) is 9.59 Å². The lowest BCUT2D eigenvalue weighted by atomic mass is 10.1. The summed E-state index contributed by atoms with van der Waals surface area (Å²) in [4.78, 5) is 26.6. The maximum absolute atomic E-state index is 12.5. The number of anilines is 1. The molecule has 0 aliphatic carbocycles. The molecule has 2 amide bonds. The molecular formula is C21H23BrN2O4. The number of nitrogens with zero attached hydrogens (tertiary/aromatic N) is 1. The van der Waals surface area contributed by atoms with Crippen molar-refractivity contribution in [3.63, 3.8) is 0 Å². The Morgan fingerprint density at radius 2 is 2.07 bits per heavy atom. The predicted molar refractivity (Wildman–Crippen MR) is 111 cm³/mol. The van der Waals surface area contributed by atoms with E-state index in [-0.39, 0.29) is 24.3 Å². The lowest BCUT2D eigenvalue weighted by Gasteiger charge is -2.32. The number of methoxy groups -OCH3 is 1. The first-order valence-electron chi connectivity index (χ1n) is 9.10. The van der Waals surface area contributed by atoms with Crippen molar-refractivity contribution in [1.82, 2.24) is 5.32 Å². The minimum Gasteiger partial charge on any atom is -0.496 e. The van der Waals surface area contributed by atoms with Crippen molar-refractivity contribution < 1.29 is 19.1 Å². The average molecular weight is 447 g/mol. The molecule has 0 saturated carbocycles. The molecule has 0 aromatic heterocycles. The molecule has 2 aromatic carbocycles. The Balaban J connectivity index is 1.62. The molecule has 1 aliphatic heterocycles. The second-order valence-electron chi connectivity index (χ2n) is 6.65. The second-order valence-corrected chi connectivity index (χ2v) is 7.51. The van der Waals surface area contributed by atoms with Crippen LogP contribution in [0.25, 0.3) is 0 Å². The van der Waals surface area contributed by atoms with Crippen LogP contribution in [0.1, 0.15) is 31.9 Å². The Morgan fingerprint density at radius 3 is 2.79 bits per heavy atom. The van der Waals surface area contributed by atoms with E-state index in [0.29, 0.717) is 18.0 Å². The number of amides is 2. The second kappa shape index (κ2) is 8.65. The Labute approximate surface area is 172 Å². The Morgan fingerprint density at radius 1 is 1.32 bits per heavy atom. The van der Waals surface area contributed by atoms with Crippen molar-refractivity contribution in [3.05, 3.63) is 52.5 Å². The van der Waals surface area contributed by atoms with Gasteiger partial charge in [0.25, 0.3) is 5.91 Å². The fourth-order valence-corrected chi connectivity index (χ4v) is 3.71. The first-order chi connectivity index (χ1) is 13.4. The van der Waals surface area contributed by atoms with E-state index in [0.717, 1.165) is 15.8 Å². The van der Waals surface area contributed by atoms with Crippen molar-refractivity contribution in [1.29, 1.82) is 0 Å². The zero-order chi connectivity index (χ0) is 20.3. The number of hydrogen-bond acceptors (Lipinski definition) is 4. The highest BCUT2D eigenvalue weighted by Crippen LogP contribution is 2.33. The van der Waals surface area contributed by atoms with Gasteiger partial charge in [0, 0.05) is 13.0 Å². The third-order valence-corrected chi connectivity index (χ3v) is 5.31. The minimum absolute atomic E-state index is 0.121. The maximum atomic E-state index is 12.5. The molecule has 28 heavy (non-hydrogen) atoms. The van der Waals surface area contributed by atoms with Crippen LogP contribution in [0.15, 0.2) is 46.9 Å². The highest BCUT2D eigenvalue weighted by Gasteiger charge is 2.31. The first kappa shape index (κ1) is 20.2. The van der Waals surface area contributed by atoms with E-state index in [4.69, 9.17) is 9.47 Å². The van der Waals surface area contributed by atoms with Gasteiger partial charge in [0.05, 0.1) is 23.3 Å². The Kier molecular flexibility index (Phi) is 6.24. The van der Waals surface area contributed by atoms with Crippen LogP contribution >= 0.6 is 15.9 Å². The molecule has 0 spiro atoms. The molecule has 0 radical (unpaired) electrons. The molecule has 2 unspecified atom stereocenters. The fourth-order valence-electron chi connectivity index (χ4n) is 3.15. The number of carbonyl (C=O) groups is 2. The van der Waals surface area contributed by atoms with Gasteiger partial charge in [0.1, 0.15) is 11.5 Å². The van der Waals surface area contributed by atoms with Crippen LogP contribution in [-0.2, 0) is 9.59 Å². The molecule has 3 rings (SSSR count). The molecule has 2 atom stereocenters. The number of nitrogens with one attached hydrogen (secondary N) is 1. The standard InChI is InChI=1S/C21H23BrN2O4/c1-13(15-8-9-18(27-3)16(22)12-15)23-20(25)10-11-24-17-6-4-5-7-19(17)28-14(2)21(24)26/h4-9,12-14H,10-11H2,1-3H3,(H,23,25). The summed E-state index contributed by atoms with van der Waals surface area (Å²) in [5.41, 5.74) is 1.66. The van der Waals surface area contributed by atoms with Crippen LogP contribution in [0.2, 0.25) is 0 Å². The highest BCUT2D eigenvalue weighted by molar-refractivity contribution is 9.10. The van der Waals surface area contributed by atoms with Gasteiger partial charge in [-0.2, -0.15) is 0 Å². The molecule has 6 nitrogen and oxygen atoms in total. The van der Waals surface area contributed by atoms with Gasteiger partial charge in [-0.25, -0.2) is 0 Å². The summed E-state index contributed by atoms with van der Waals surface area (Å²) in [5.74, 6) is 1.13. The van der Waals surface area contributed by atoms with Crippen LogP contribution in [0, 0.1) is 0 Å². The normalized spacial score (nSPS) is 16.8. The molecule has 1 N–H and O–H groups in total. The van der Waals surface area contributed by atoms with Gasteiger partial charge in [-0.15, -0.1) is 0 Å². The molecule has 0 bridgehead atoms. The molecular weight excluding hydrogens is 424 g/mol. The van der Waals surface area contributed by atoms with Crippen molar-refractivity contribution >= 4 is 33.4 Å². The number of carbonyl (C=O) groups excluding carboxylic acids is 2. The highest BCUT2D eigenvalue weighted by atomic mass is 79.9. The van der Waals surface area contributed by atoms with Gasteiger partial charge < -0.3 is 19.7 Å². The minimum atomic E-state index is -0.562. The molecule has 1 heterocycles. The Bertz CT molecular complexity index is 886. The van der Waals surface area contributed by atoms with E-state index < -0.39 is 6.10 Å². The SMILES string of the molecule is COc1ccc(C(C)NC(=O)CCN2C(=O)C(C)Oc3ccccc32)cc1Br. The summed E-state index contributed by atoms with van der Waals surface area (Å²) in [6.07, 6.45) is -0.359. The van der Waals surface area contributed by atoms with Gasteiger partial charge >= 0.3 is 0 Å². The molecule has 0 saturated heterocycles. The zero-order valence-corrected chi connectivity index (χ0v) is 17.7. The number of para-hydroxylation sites is 2. The van der Waals surface area contributed by atoms with E-state index in [2.05, 4.69) is 21.2 Å². The van der Waals surface area contributed by atoms with Crippen LogP contribution in [0.3, 0.4) is 0 Å².